The third kappa shape index (κ3) is 4.59. The van der Waals surface area contributed by atoms with Crippen LogP contribution in [0.2, 0.25) is 0 Å². The van der Waals surface area contributed by atoms with Gasteiger partial charge in [-0.1, -0.05) is 48.5 Å². The fraction of sp³-hybridized carbons (Fsp3) is 0.259. The summed E-state index contributed by atoms with van der Waals surface area (Å²) in [5, 5.41) is 3.00. The largest absolute Gasteiger partial charge is 0.454 e. The molecule has 2 aliphatic rings. The van der Waals surface area contributed by atoms with Gasteiger partial charge in [0.05, 0.1) is 11.5 Å². The van der Waals surface area contributed by atoms with Crippen molar-refractivity contribution in [1.82, 2.24) is 10.2 Å². The van der Waals surface area contributed by atoms with Gasteiger partial charge in [-0.3, -0.25) is 9.59 Å². The predicted molar refractivity (Wildman–Crippen MR) is 124 cm³/mol. The third-order valence-electron chi connectivity index (χ3n) is 6.39. The van der Waals surface area contributed by atoms with Crippen LogP contribution in [-0.2, 0) is 11.3 Å². The zero-order valence-corrected chi connectivity index (χ0v) is 18.6. The van der Waals surface area contributed by atoms with E-state index in [0.717, 1.165) is 11.1 Å². The standard InChI is InChI=1S/C27H25FN2O4/c28-23-9-5-4-8-22(23)27(32)30-15-20(19-6-2-1-3-7-19)13-21(16-30)26(31)29-14-18-10-11-24-25(12-18)34-17-33-24/h1-12,20-21H,13-17H2,(H,29,31). The molecule has 34 heavy (non-hydrogen) atoms. The zero-order valence-electron chi connectivity index (χ0n) is 18.6. The Labute approximate surface area is 197 Å². The summed E-state index contributed by atoms with van der Waals surface area (Å²) in [7, 11) is 0. The quantitative estimate of drug-likeness (QED) is 0.622. The summed E-state index contributed by atoms with van der Waals surface area (Å²) in [6.45, 7) is 1.20. The molecular weight excluding hydrogens is 435 g/mol. The number of fused-ring (bicyclic) bond motifs is 1. The average molecular weight is 461 g/mol. The van der Waals surface area contributed by atoms with Crippen molar-refractivity contribution in [3.05, 3.63) is 95.3 Å². The van der Waals surface area contributed by atoms with Crippen LogP contribution in [0.3, 0.4) is 0 Å². The third-order valence-corrected chi connectivity index (χ3v) is 6.39. The Hall–Kier alpha value is -3.87. The highest BCUT2D eigenvalue weighted by molar-refractivity contribution is 5.95. The Kier molecular flexibility index (Phi) is 6.16. The molecule has 3 aromatic rings. The summed E-state index contributed by atoms with van der Waals surface area (Å²) < 4.78 is 25.1. The summed E-state index contributed by atoms with van der Waals surface area (Å²) in [6.07, 6.45) is 0.609. The lowest BCUT2D eigenvalue weighted by Gasteiger charge is -2.37. The fourth-order valence-corrected chi connectivity index (χ4v) is 4.61. The topological polar surface area (TPSA) is 67.9 Å². The number of hydrogen-bond donors (Lipinski definition) is 1. The van der Waals surface area contributed by atoms with E-state index in [-0.39, 0.29) is 30.7 Å². The first-order valence-corrected chi connectivity index (χ1v) is 11.3. The maximum Gasteiger partial charge on any atom is 0.256 e. The number of amides is 2. The molecule has 6 nitrogen and oxygen atoms in total. The minimum atomic E-state index is -0.557. The minimum absolute atomic E-state index is 0.0213. The van der Waals surface area contributed by atoms with Crippen LogP contribution in [0.1, 0.15) is 33.8 Å². The number of carbonyl (C=O) groups is 2. The molecule has 0 aromatic heterocycles. The number of halogens is 1. The van der Waals surface area contributed by atoms with Gasteiger partial charge >= 0.3 is 0 Å². The van der Waals surface area contributed by atoms with Gasteiger partial charge in [-0.2, -0.15) is 0 Å². The number of ether oxygens (including phenoxy) is 2. The van der Waals surface area contributed by atoms with E-state index in [2.05, 4.69) is 5.32 Å². The lowest BCUT2D eigenvalue weighted by atomic mass is 9.83. The second-order valence-electron chi connectivity index (χ2n) is 8.64. The van der Waals surface area contributed by atoms with Crippen molar-refractivity contribution in [3.8, 4) is 11.5 Å². The van der Waals surface area contributed by atoms with E-state index >= 15 is 0 Å². The zero-order chi connectivity index (χ0) is 23.5. The molecule has 0 aliphatic carbocycles. The Balaban J connectivity index is 1.33. The summed E-state index contributed by atoms with van der Waals surface area (Å²) in [6, 6.07) is 21.4. The maximum absolute atomic E-state index is 14.3. The van der Waals surface area contributed by atoms with E-state index in [9.17, 15) is 14.0 Å². The van der Waals surface area contributed by atoms with Crippen molar-refractivity contribution in [2.45, 2.75) is 18.9 Å². The van der Waals surface area contributed by atoms with Crippen LogP contribution in [0.5, 0.6) is 11.5 Å². The van der Waals surface area contributed by atoms with E-state index in [1.54, 1.807) is 17.0 Å². The maximum atomic E-state index is 14.3. The Bertz CT molecular complexity index is 1200. The van der Waals surface area contributed by atoms with Crippen molar-refractivity contribution in [3.63, 3.8) is 0 Å². The van der Waals surface area contributed by atoms with Crippen LogP contribution in [0.15, 0.2) is 72.8 Å². The van der Waals surface area contributed by atoms with Crippen molar-refractivity contribution in [2.24, 2.45) is 5.92 Å². The van der Waals surface area contributed by atoms with Gasteiger partial charge in [0.15, 0.2) is 11.5 Å². The van der Waals surface area contributed by atoms with Gasteiger partial charge in [-0.05, 0) is 41.8 Å². The molecule has 5 rings (SSSR count). The lowest BCUT2D eigenvalue weighted by molar-refractivity contribution is -0.126. The molecule has 1 saturated heterocycles. The smallest absolute Gasteiger partial charge is 0.256 e. The molecule has 2 atom stereocenters. The van der Waals surface area contributed by atoms with E-state index < -0.39 is 17.6 Å². The highest BCUT2D eigenvalue weighted by Crippen LogP contribution is 2.33. The van der Waals surface area contributed by atoms with Gasteiger partial charge in [0.1, 0.15) is 5.82 Å². The molecule has 2 heterocycles. The Morgan fingerprint density at radius 3 is 2.53 bits per heavy atom. The van der Waals surface area contributed by atoms with Crippen LogP contribution in [0.4, 0.5) is 4.39 Å². The van der Waals surface area contributed by atoms with Gasteiger partial charge in [-0.15, -0.1) is 0 Å². The van der Waals surface area contributed by atoms with E-state index in [1.165, 1.54) is 12.1 Å². The lowest BCUT2D eigenvalue weighted by Crippen LogP contribution is -2.48. The highest BCUT2D eigenvalue weighted by atomic mass is 19.1. The number of rotatable bonds is 5. The second kappa shape index (κ2) is 9.55. The summed E-state index contributed by atoms with van der Waals surface area (Å²) >= 11 is 0. The van der Waals surface area contributed by atoms with Gasteiger partial charge in [0, 0.05) is 25.6 Å². The Morgan fingerprint density at radius 2 is 1.71 bits per heavy atom. The second-order valence-corrected chi connectivity index (χ2v) is 8.64. The highest BCUT2D eigenvalue weighted by Gasteiger charge is 2.35. The monoisotopic (exact) mass is 460 g/mol. The first-order chi connectivity index (χ1) is 16.6. The number of likely N-dealkylation sites (tertiary alicyclic amines) is 1. The molecule has 1 fully saturated rings. The molecule has 0 radical (unpaired) electrons. The first kappa shape index (κ1) is 21.9. The van der Waals surface area contributed by atoms with E-state index in [0.29, 0.717) is 31.0 Å². The fourth-order valence-electron chi connectivity index (χ4n) is 4.61. The molecule has 0 spiro atoms. The summed E-state index contributed by atoms with van der Waals surface area (Å²) in [4.78, 5) is 28.0. The molecule has 2 amide bonds. The van der Waals surface area contributed by atoms with Crippen molar-refractivity contribution >= 4 is 11.8 Å². The average Bonchev–Trinajstić information content (AvgIpc) is 3.35. The number of piperidine rings is 1. The van der Waals surface area contributed by atoms with Crippen LogP contribution < -0.4 is 14.8 Å². The van der Waals surface area contributed by atoms with Crippen molar-refractivity contribution < 1.29 is 23.5 Å². The Morgan fingerprint density at radius 1 is 0.941 bits per heavy atom. The number of benzene rings is 3. The molecule has 0 saturated carbocycles. The molecule has 2 unspecified atom stereocenters. The normalized spacial score (nSPS) is 19.0. The number of nitrogens with zero attached hydrogens (tertiary/aromatic N) is 1. The molecule has 7 heteroatoms. The van der Waals surface area contributed by atoms with E-state index in [4.69, 9.17) is 9.47 Å². The number of nitrogens with one attached hydrogen (secondary N) is 1. The van der Waals surface area contributed by atoms with Gasteiger partial charge in [0.25, 0.3) is 5.91 Å². The van der Waals surface area contributed by atoms with Gasteiger partial charge in [0.2, 0.25) is 12.7 Å². The van der Waals surface area contributed by atoms with E-state index in [1.807, 2.05) is 48.5 Å². The molecular formula is C27H25FN2O4. The molecule has 1 N–H and O–H groups in total. The first-order valence-electron chi connectivity index (χ1n) is 11.3. The van der Waals surface area contributed by atoms with Crippen molar-refractivity contribution in [2.75, 3.05) is 19.9 Å². The van der Waals surface area contributed by atoms with Crippen LogP contribution >= 0.6 is 0 Å². The summed E-state index contributed by atoms with van der Waals surface area (Å²) in [5.74, 6) is -0.170. The van der Waals surface area contributed by atoms with Crippen LogP contribution in [0.25, 0.3) is 0 Å². The summed E-state index contributed by atoms with van der Waals surface area (Å²) in [5.41, 5.74) is 1.98. The number of hydrogen-bond acceptors (Lipinski definition) is 4. The van der Waals surface area contributed by atoms with Crippen LogP contribution in [0, 0.1) is 11.7 Å². The molecule has 2 aliphatic heterocycles. The molecule has 0 bridgehead atoms. The van der Waals surface area contributed by atoms with Gasteiger partial charge < -0.3 is 19.7 Å². The van der Waals surface area contributed by atoms with Gasteiger partial charge in [-0.25, -0.2) is 4.39 Å². The van der Waals surface area contributed by atoms with Crippen molar-refractivity contribution in [1.29, 1.82) is 0 Å². The SMILES string of the molecule is O=C(NCc1ccc2c(c1)OCO2)C1CC(c2ccccc2)CN(C(=O)c2ccccc2F)C1. The molecule has 3 aromatic carbocycles. The predicted octanol–water partition coefficient (Wildman–Crippen LogP) is 4.12. The van der Waals surface area contributed by atoms with Crippen LogP contribution in [-0.4, -0.2) is 36.6 Å². The number of carbonyl (C=O) groups excluding carboxylic acids is 2. The molecule has 174 valence electrons. The minimum Gasteiger partial charge on any atom is -0.454 e.